The molecule has 2 heterocycles. The molecular formula is C19H18FN3O2S. The largest absolute Gasteiger partial charge is 0.485 e. The molecule has 0 radical (unpaired) electrons. The van der Waals surface area contributed by atoms with Crippen LogP contribution in [0.25, 0.3) is 0 Å². The van der Waals surface area contributed by atoms with Crippen molar-refractivity contribution in [1.82, 2.24) is 15.3 Å². The third kappa shape index (κ3) is 5.63. The van der Waals surface area contributed by atoms with Crippen LogP contribution in [0.2, 0.25) is 0 Å². The summed E-state index contributed by atoms with van der Waals surface area (Å²) < 4.78 is 18.4. The van der Waals surface area contributed by atoms with Gasteiger partial charge in [-0.15, -0.1) is 11.3 Å². The lowest BCUT2D eigenvalue weighted by Crippen LogP contribution is -2.27. The normalized spacial score (nSPS) is 10.5. The molecule has 0 aliphatic carbocycles. The highest BCUT2D eigenvalue weighted by molar-refractivity contribution is 7.09. The van der Waals surface area contributed by atoms with Crippen LogP contribution in [0.15, 0.2) is 54.2 Å². The summed E-state index contributed by atoms with van der Waals surface area (Å²) in [7, 11) is 0. The Hall–Kier alpha value is -2.80. The number of carbonyl (C=O) groups is 1. The summed E-state index contributed by atoms with van der Waals surface area (Å²) in [6.45, 7) is 0.855. The Kier molecular flexibility index (Phi) is 6.27. The molecule has 0 unspecified atom stereocenters. The fourth-order valence-corrected chi connectivity index (χ4v) is 3.00. The number of hydrogen-bond donors (Lipinski definition) is 1. The predicted octanol–water partition coefficient (Wildman–Crippen LogP) is 3.16. The second-order valence-electron chi connectivity index (χ2n) is 5.61. The zero-order valence-electron chi connectivity index (χ0n) is 14.0. The minimum atomic E-state index is -0.260. The lowest BCUT2D eigenvalue weighted by Gasteiger charge is -2.04. The lowest BCUT2D eigenvalue weighted by molar-refractivity contribution is -0.120. The van der Waals surface area contributed by atoms with Crippen LogP contribution in [0.1, 0.15) is 16.3 Å². The first-order valence-electron chi connectivity index (χ1n) is 8.16. The van der Waals surface area contributed by atoms with Gasteiger partial charge < -0.3 is 10.1 Å². The molecule has 2 aromatic heterocycles. The van der Waals surface area contributed by atoms with Crippen molar-refractivity contribution in [2.45, 2.75) is 19.4 Å². The van der Waals surface area contributed by atoms with Gasteiger partial charge in [0.25, 0.3) is 0 Å². The number of ether oxygens (including phenoxy) is 1. The molecule has 134 valence electrons. The van der Waals surface area contributed by atoms with E-state index in [1.54, 1.807) is 30.6 Å². The number of nitrogens with zero attached hydrogens (tertiary/aromatic N) is 2. The van der Waals surface area contributed by atoms with Crippen molar-refractivity contribution in [2.24, 2.45) is 0 Å². The molecule has 1 amide bonds. The number of thiazole rings is 1. The summed E-state index contributed by atoms with van der Waals surface area (Å²) in [5.74, 6) is 0.338. The topological polar surface area (TPSA) is 64.1 Å². The molecule has 1 aromatic carbocycles. The number of aromatic nitrogens is 2. The Bertz CT molecular complexity index is 838. The lowest BCUT2D eigenvalue weighted by atomic mass is 10.1. The van der Waals surface area contributed by atoms with E-state index >= 15 is 0 Å². The average Bonchev–Trinajstić information content (AvgIpc) is 3.10. The number of carbonyl (C=O) groups excluding carboxylic acids is 1. The molecule has 0 atom stereocenters. The van der Waals surface area contributed by atoms with Gasteiger partial charge in [0, 0.05) is 18.1 Å². The molecule has 26 heavy (non-hydrogen) atoms. The quantitative estimate of drug-likeness (QED) is 0.661. The number of amides is 1. The van der Waals surface area contributed by atoms with Gasteiger partial charge in [0.15, 0.2) is 0 Å². The van der Waals surface area contributed by atoms with Crippen molar-refractivity contribution >= 4 is 17.2 Å². The maximum absolute atomic E-state index is 12.8. The number of hydrogen-bond acceptors (Lipinski definition) is 5. The molecule has 0 bridgehead atoms. The van der Waals surface area contributed by atoms with Gasteiger partial charge in [0.1, 0.15) is 23.2 Å². The van der Waals surface area contributed by atoms with Gasteiger partial charge in [-0.25, -0.2) is 9.37 Å². The van der Waals surface area contributed by atoms with Gasteiger partial charge in [-0.1, -0.05) is 12.1 Å². The van der Waals surface area contributed by atoms with Crippen molar-refractivity contribution in [3.8, 4) is 5.75 Å². The van der Waals surface area contributed by atoms with Crippen molar-refractivity contribution < 1.29 is 13.9 Å². The highest BCUT2D eigenvalue weighted by atomic mass is 32.1. The van der Waals surface area contributed by atoms with Crippen LogP contribution >= 0.6 is 11.3 Å². The van der Waals surface area contributed by atoms with E-state index in [2.05, 4.69) is 15.3 Å². The first-order chi connectivity index (χ1) is 12.7. The zero-order chi connectivity index (χ0) is 18.2. The van der Waals surface area contributed by atoms with Crippen molar-refractivity contribution in [3.63, 3.8) is 0 Å². The number of rotatable bonds is 8. The summed E-state index contributed by atoms with van der Waals surface area (Å²) in [6.07, 6.45) is 4.21. The second-order valence-corrected chi connectivity index (χ2v) is 6.56. The van der Waals surface area contributed by atoms with E-state index < -0.39 is 0 Å². The van der Waals surface area contributed by atoms with Crippen LogP contribution in [0.5, 0.6) is 5.75 Å². The Labute approximate surface area is 154 Å². The molecule has 3 rings (SSSR count). The maximum atomic E-state index is 12.8. The van der Waals surface area contributed by atoms with E-state index in [-0.39, 0.29) is 18.1 Å². The van der Waals surface area contributed by atoms with E-state index in [0.717, 1.165) is 16.3 Å². The molecule has 7 heteroatoms. The fraction of sp³-hybridized carbons (Fsp3) is 0.211. The van der Waals surface area contributed by atoms with E-state index in [9.17, 15) is 9.18 Å². The summed E-state index contributed by atoms with van der Waals surface area (Å²) >= 11 is 1.46. The second kappa shape index (κ2) is 9.05. The van der Waals surface area contributed by atoms with Crippen molar-refractivity contribution in [3.05, 3.63) is 76.3 Å². The van der Waals surface area contributed by atoms with Gasteiger partial charge in [-0.2, -0.15) is 0 Å². The zero-order valence-corrected chi connectivity index (χ0v) is 14.8. The monoisotopic (exact) mass is 371 g/mol. The molecule has 0 aliphatic heterocycles. The SMILES string of the molecule is O=C(Cc1csc(COc2cccnc2)n1)NCCc1ccc(F)cc1. The molecule has 1 N–H and O–H groups in total. The van der Waals surface area contributed by atoms with E-state index in [4.69, 9.17) is 4.74 Å². The standard InChI is InChI=1S/C19H18FN3O2S/c20-15-5-3-14(4-6-15)7-9-22-18(24)10-16-13-26-19(23-16)12-25-17-2-1-8-21-11-17/h1-6,8,11,13H,7,9-10,12H2,(H,22,24). The van der Waals surface area contributed by atoms with E-state index in [1.807, 2.05) is 11.4 Å². The smallest absolute Gasteiger partial charge is 0.226 e. The first-order valence-corrected chi connectivity index (χ1v) is 9.04. The molecule has 0 saturated carbocycles. The Morgan fingerprint density at radius 3 is 2.85 bits per heavy atom. The minimum absolute atomic E-state index is 0.0860. The third-order valence-corrected chi connectivity index (χ3v) is 4.46. The number of pyridine rings is 1. The van der Waals surface area contributed by atoms with Gasteiger partial charge >= 0.3 is 0 Å². The highest BCUT2D eigenvalue weighted by Gasteiger charge is 2.08. The summed E-state index contributed by atoms with van der Waals surface area (Å²) in [6, 6.07) is 9.91. The number of nitrogens with one attached hydrogen (secondary N) is 1. The maximum Gasteiger partial charge on any atom is 0.226 e. The Balaban J connectivity index is 1.40. The average molecular weight is 371 g/mol. The summed E-state index contributed by atoms with van der Waals surface area (Å²) in [5, 5.41) is 5.52. The van der Waals surface area contributed by atoms with Gasteiger partial charge in [-0.05, 0) is 36.2 Å². The Morgan fingerprint density at radius 1 is 1.23 bits per heavy atom. The van der Waals surface area contributed by atoms with Crippen LogP contribution in [-0.2, 0) is 24.2 Å². The molecule has 0 spiro atoms. The van der Waals surface area contributed by atoms with Crippen molar-refractivity contribution in [2.75, 3.05) is 6.54 Å². The Morgan fingerprint density at radius 2 is 2.08 bits per heavy atom. The first kappa shape index (κ1) is 18.0. The van der Waals surface area contributed by atoms with Crippen LogP contribution in [0, 0.1) is 5.82 Å². The summed E-state index contributed by atoms with van der Waals surface area (Å²) in [5.41, 5.74) is 1.70. The van der Waals surface area contributed by atoms with Crippen LogP contribution in [0.3, 0.4) is 0 Å². The molecular weight excluding hydrogens is 353 g/mol. The number of halogens is 1. The van der Waals surface area contributed by atoms with E-state index in [0.29, 0.717) is 25.3 Å². The van der Waals surface area contributed by atoms with E-state index in [1.165, 1.54) is 23.5 Å². The molecule has 5 nitrogen and oxygen atoms in total. The van der Waals surface area contributed by atoms with Gasteiger partial charge in [-0.3, -0.25) is 9.78 Å². The third-order valence-electron chi connectivity index (χ3n) is 3.59. The predicted molar refractivity (Wildman–Crippen MR) is 97.5 cm³/mol. The van der Waals surface area contributed by atoms with Gasteiger partial charge in [0.2, 0.25) is 5.91 Å². The molecule has 0 fully saturated rings. The van der Waals surface area contributed by atoms with Crippen molar-refractivity contribution in [1.29, 1.82) is 0 Å². The number of benzene rings is 1. The van der Waals surface area contributed by atoms with Crippen LogP contribution in [-0.4, -0.2) is 22.4 Å². The van der Waals surface area contributed by atoms with Crippen LogP contribution < -0.4 is 10.1 Å². The molecule has 3 aromatic rings. The van der Waals surface area contributed by atoms with Crippen LogP contribution in [0.4, 0.5) is 4.39 Å². The highest BCUT2D eigenvalue weighted by Crippen LogP contribution is 2.14. The summed E-state index contributed by atoms with van der Waals surface area (Å²) in [4.78, 5) is 20.4. The molecule has 0 saturated heterocycles. The molecule has 0 aliphatic rings. The van der Waals surface area contributed by atoms with Gasteiger partial charge in [0.05, 0.1) is 18.3 Å². The fourth-order valence-electron chi connectivity index (χ4n) is 2.30. The minimum Gasteiger partial charge on any atom is -0.485 e.